The fraction of sp³-hybridized carbons (Fsp3) is 1.00. The van der Waals surface area contributed by atoms with E-state index in [1.54, 1.807) is 4.31 Å². The summed E-state index contributed by atoms with van der Waals surface area (Å²) in [6.45, 7) is 1.87. The first-order chi connectivity index (χ1) is 7.60. The summed E-state index contributed by atoms with van der Waals surface area (Å²) in [5.74, 6) is 0.532. The number of rotatable bonds is 7. The zero-order valence-corrected chi connectivity index (χ0v) is 10.5. The molecule has 0 aromatic rings. The minimum atomic E-state index is -3.09. The van der Waals surface area contributed by atoms with Crippen molar-refractivity contribution in [1.29, 1.82) is 0 Å². The van der Waals surface area contributed by atoms with E-state index >= 15 is 0 Å². The van der Waals surface area contributed by atoms with E-state index < -0.39 is 10.0 Å². The summed E-state index contributed by atoms with van der Waals surface area (Å²) in [5.41, 5.74) is 5.34. The fourth-order valence-electron chi connectivity index (χ4n) is 2.03. The second kappa shape index (κ2) is 6.54. The molecule has 0 bridgehead atoms. The van der Waals surface area contributed by atoms with Gasteiger partial charge in [-0.2, -0.15) is 0 Å². The van der Waals surface area contributed by atoms with E-state index in [1.165, 1.54) is 0 Å². The van der Waals surface area contributed by atoms with Crippen molar-refractivity contribution in [2.75, 3.05) is 32.0 Å². The maximum Gasteiger partial charge on any atom is 0.214 e. The van der Waals surface area contributed by atoms with Gasteiger partial charge in [0.25, 0.3) is 0 Å². The molecule has 0 radical (unpaired) electrons. The van der Waals surface area contributed by atoms with Gasteiger partial charge in [-0.3, -0.25) is 0 Å². The number of unbranched alkanes of at least 4 members (excludes halogenated alkanes) is 1. The molecule has 1 fully saturated rings. The van der Waals surface area contributed by atoms with Crippen LogP contribution in [0.5, 0.6) is 0 Å². The van der Waals surface area contributed by atoms with Crippen LogP contribution in [-0.2, 0) is 10.0 Å². The number of nitrogens with two attached hydrogens (primary N) is 1. The van der Waals surface area contributed by atoms with Crippen molar-refractivity contribution in [1.82, 2.24) is 4.31 Å². The van der Waals surface area contributed by atoms with E-state index in [4.69, 9.17) is 10.8 Å². The Labute approximate surface area is 97.7 Å². The molecular weight excluding hydrogens is 228 g/mol. The Morgan fingerprint density at radius 3 is 2.75 bits per heavy atom. The van der Waals surface area contributed by atoms with Crippen molar-refractivity contribution in [3.05, 3.63) is 0 Å². The van der Waals surface area contributed by atoms with Gasteiger partial charge in [-0.1, -0.05) is 0 Å². The lowest BCUT2D eigenvalue weighted by Crippen LogP contribution is -2.31. The van der Waals surface area contributed by atoms with Gasteiger partial charge in [0.2, 0.25) is 10.0 Å². The third-order valence-electron chi connectivity index (χ3n) is 3.04. The monoisotopic (exact) mass is 250 g/mol. The van der Waals surface area contributed by atoms with Crippen LogP contribution in [0.2, 0.25) is 0 Å². The summed E-state index contributed by atoms with van der Waals surface area (Å²) in [5, 5.41) is 8.81. The summed E-state index contributed by atoms with van der Waals surface area (Å²) in [7, 11) is -3.09. The van der Waals surface area contributed by atoms with Crippen LogP contribution in [0.25, 0.3) is 0 Å². The Kier molecular flexibility index (Phi) is 5.68. The topological polar surface area (TPSA) is 83.6 Å². The van der Waals surface area contributed by atoms with Crippen LogP contribution in [0, 0.1) is 5.92 Å². The third kappa shape index (κ3) is 4.01. The summed E-state index contributed by atoms with van der Waals surface area (Å²) in [4.78, 5) is 0. The van der Waals surface area contributed by atoms with Gasteiger partial charge in [0.1, 0.15) is 0 Å². The molecule has 1 aliphatic heterocycles. The van der Waals surface area contributed by atoms with Gasteiger partial charge in [-0.15, -0.1) is 0 Å². The molecule has 1 atom stereocenters. The smallest absolute Gasteiger partial charge is 0.214 e. The number of hydrogen-bond donors (Lipinski definition) is 2. The number of hydrogen-bond acceptors (Lipinski definition) is 4. The van der Waals surface area contributed by atoms with Gasteiger partial charge < -0.3 is 10.8 Å². The second-order valence-electron chi connectivity index (χ2n) is 4.34. The molecule has 0 aromatic heterocycles. The van der Waals surface area contributed by atoms with Gasteiger partial charge in [-0.25, -0.2) is 12.7 Å². The Morgan fingerprint density at radius 1 is 1.38 bits per heavy atom. The standard InChI is InChI=1S/C10H22N2O3S/c11-5-1-2-8-16(14,15)12-6-3-10(9-12)4-7-13/h10,13H,1-9,11H2. The quantitative estimate of drug-likeness (QED) is 0.611. The van der Waals surface area contributed by atoms with Crippen LogP contribution in [0.1, 0.15) is 25.7 Å². The minimum absolute atomic E-state index is 0.145. The van der Waals surface area contributed by atoms with Gasteiger partial charge >= 0.3 is 0 Å². The molecule has 1 heterocycles. The van der Waals surface area contributed by atoms with Crippen molar-refractivity contribution in [3.63, 3.8) is 0 Å². The largest absolute Gasteiger partial charge is 0.396 e. The molecule has 1 unspecified atom stereocenters. The molecule has 1 saturated heterocycles. The predicted octanol–water partition coefficient (Wildman–Crippen LogP) is -0.241. The second-order valence-corrected chi connectivity index (χ2v) is 6.43. The van der Waals surface area contributed by atoms with E-state index in [9.17, 15) is 8.42 Å². The van der Waals surface area contributed by atoms with Gasteiger partial charge in [0.15, 0.2) is 0 Å². The van der Waals surface area contributed by atoms with E-state index in [0.717, 1.165) is 12.8 Å². The van der Waals surface area contributed by atoms with E-state index in [2.05, 4.69) is 0 Å². The molecular formula is C10H22N2O3S. The number of aliphatic hydroxyl groups excluding tert-OH is 1. The average molecular weight is 250 g/mol. The van der Waals surface area contributed by atoms with Crippen molar-refractivity contribution in [2.45, 2.75) is 25.7 Å². The van der Waals surface area contributed by atoms with Gasteiger partial charge in [0, 0.05) is 19.7 Å². The van der Waals surface area contributed by atoms with E-state index in [0.29, 0.717) is 38.4 Å². The number of sulfonamides is 1. The highest BCUT2D eigenvalue weighted by molar-refractivity contribution is 7.89. The summed E-state index contributed by atoms with van der Waals surface area (Å²) < 4.78 is 25.3. The van der Waals surface area contributed by atoms with Gasteiger partial charge in [-0.05, 0) is 38.1 Å². The molecule has 0 spiro atoms. The normalized spacial score (nSPS) is 22.8. The van der Waals surface area contributed by atoms with Gasteiger partial charge in [0.05, 0.1) is 5.75 Å². The Bertz CT molecular complexity index is 292. The lowest BCUT2D eigenvalue weighted by Gasteiger charge is -2.16. The first-order valence-electron chi connectivity index (χ1n) is 5.89. The molecule has 6 heteroatoms. The lowest BCUT2D eigenvalue weighted by atomic mass is 10.1. The fourth-order valence-corrected chi connectivity index (χ4v) is 3.67. The molecule has 16 heavy (non-hydrogen) atoms. The highest BCUT2D eigenvalue weighted by Gasteiger charge is 2.30. The highest BCUT2D eigenvalue weighted by atomic mass is 32.2. The maximum atomic E-state index is 11.9. The molecule has 3 N–H and O–H groups in total. The highest BCUT2D eigenvalue weighted by Crippen LogP contribution is 2.22. The molecule has 0 aliphatic carbocycles. The van der Waals surface area contributed by atoms with Crippen LogP contribution < -0.4 is 5.73 Å². The molecule has 5 nitrogen and oxygen atoms in total. The lowest BCUT2D eigenvalue weighted by molar-refractivity contribution is 0.259. The SMILES string of the molecule is NCCCCS(=O)(=O)N1CCC(CCO)C1. The maximum absolute atomic E-state index is 11.9. The van der Waals surface area contributed by atoms with Crippen molar-refractivity contribution in [2.24, 2.45) is 11.7 Å². The summed E-state index contributed by atoms with van der Waals surface area (Å²) >= 11 is 0. The van der Waals surface area contributed by atoms with Crippen LogP contribution in [0.15, 0.2) is 0 Å². The summed E-state index contributed by atoms with van der Waals surface area (Å²) in [6.07, 6.45) is 2.97. The third-order valence-corrected chi connectivity index (χ3v) is 4.96. The minimum Gasteiger partial charge on any atom is -0.396 e. The first kappa shape index (κ1) is 13.9. The zero-order chi connectivity index (χ0) is 12.0. The van der Waals surface area contributed by atoms with E-state index in [-0.39, 0.29) is 12.4 Å². The predicted molar refractivity (Wildman–Crippen MR) is 63.5 cm³/mol. The molecule has 0 amide bonds. The number of nitrogens with zero attached hydrogens (tertiary/aromatic N) is 1. The van der Waals surface area contributed by atoms with Crippen molar-refractivity contribution in [3.8, 4) is 0 Å². The van der Waals surface area contributed by atoms with Crippen molar-refractivity contribution < 1.29 is 13.5 Å². The van der Waals surface area contributed by atoms with E-state index in [1.807, 2.05) is 0 Å². The van der Waals surface area contributed by atoms with Crippen molar-refractivity contribution >= 4 is 10.0 Å². The van der Waals surface area contributed by atoms with Crippen LogP contribution >= 0.6 is 0 Å². The Morgan fingerprint density at radius 2 is 2.12 bits per heavy atom. The molecule has 0 aromatic carbocycles. The Hall–Kier alpha value is -0.170. The molecule has 96 valence electrons. The van der Waals surface area contributed by atoms with Crippen LogP contribution in [0.4, 0.5) is 0 Å². The summed E-state index contributed by atoms with van der Waals surface area (Å²) in [6, 6.07) is 0. The zero-order valence-electron chi connectivity index (χ0n) is 9.64. The molecule has 0 saturated carbocycles. The molecule has 1 rings (SSSR count). The van der Waals surface area contributed by atoms with Crippen LogP contribution in [-0.4, -0.2) is 49.8 Å². The average Bonchev–Trinajstić information content (AvgIpc) is 2.68. The Balaban J connectivity index is 2.39. The first-order valence-corrected chi connectivity index (χ1v) is 7.50. The number of aliphatic hydroxyl groups is 1. The molecule has 1 aliphatic rings. The van der Waals surface area contributed by atoms with Crippen LogP contribution in [0.3, 0.4) is 0 Å².